The molecule has 4 saturated heterocycles. The number of carbonyl (C=O) groups is 4. The summed E-state index contributed by atoms with van der Waals surface area (Å²) in [5.41, 5.74) is 12.1. The van der Waals surface area contributed by atoms with Crippen LogP contribution in [0.15, 0.2) is 170 Å². The SMILES string of the molecule is COC(=O)C1C(O)CC2(O)CC(O)CC(O)C(O)CCC(O)CC(O)CC(=O)OC(C)C(C)C(O)C(C)/C=C/C=C/C=C/C=C/C=C/C=C/C=C/C(OC3OC(C)C(O)C(N)C3O)CC1O2.COC(=O)[C@H]1[C@@H]2C[C@@H](OC3OC(C)C(O)C(N)C3O)/C=C/C=C/C=C/C=C/C=C/C=C/C=C/C(C)[C@@H](O)[C@@H](C)[C@H](C)OC(=O)C[C@H](O)C[C@H](O)CC[C@@H](O)[C@H](O)C[C@H](O)C[C@](O)(C[C@@H]1O)O2. The van der Waals surface area contributed by atoms with E-state index in [4.69, 9.17) is 58.8 Å². The third kappa shape index (κ3) is 39.7. The van der Waals surface area contributed by atoms with Crippen LogP contribution in [0.3, 0.4) is 0 Å². The molecular weight excluding hydrogens is 1730 g/mol. The van der Waals surface area contributed by atoms with E-state index in [2.05, 4.69) is 0 Å². The zero-order valence-electron chi connectivity index (χ0n) is 77.1. The molecule has 4 bridgehead atoms. The Hall–Kier alpha value is -6.88. The molecule has 4 fully saturated rings. The Balaban J connectivity index is 0.000000467. The van der Waals surface area contributed by atoms with Crippen LogP contribution in [0.2, 0.25) is 0 Å². The monoisotopic (exact) mass is 1880 g/mol. The van der Waals surface area contributed by atoms with Gasteiger partial charge in [-0.05, 0) is 66.2 Å². The molecular formula is C96H150N2O34. The van der Waals surface area contributed by atoms with Crippen molar-refractivity contribution in [1.29, 1.82) is 0 Å². The average Bonchev–Trinajstić information content (AvgIpc) is 0.781. The first kappa shape index (κ1) is 116. The number of cyclic esters (lactones) is 2. The van der Waals surface area contributed by atoms with Gasteiger partial charge in [0.15, 0.2) is 24.2 Å². The number of hydrogen-bond donors (Lipinski definition) is 22. The van der Waals surface area contributed by atoms with Crippen molar-refractivity contribution in [2.45, 2.75) is 353 Å². The van der Waals surface area contributed by atoms with Gasteiger partial charge >= 0.3 is 23.9 Å². The molecule has 6 aliphatic rings. The fourth-order valence-corrected chi connectivity index (χ4v) is 16.2. The van der Waals surface area contributed by atoms with Crippen LogP contribution in [-0.4, -0.2) is 335 Å². The summed E-state index contributed by atoms with van der Waals surface area (Å²) in [6.07, 6.45) is 9.01. The van der Waals surface area contributed by atoms with Crippen molar-refractivity contribution in [1.82, 2.24) is 0 Å². The van der Waals surface area contributed by atoms with Crippen LogP contribution in [0.4, 0.5) is 0 Å². The summed E-state index contributed by atoms with van der Waals surface area (Å²) in [6.45, 7) is 13.6. The highest BCUT2D eigenvalue weighted by atomic mass is 16.7. The quantitative estimate of drug-likeness (QED) is 0.133. The Labute approximate surface area is 773 Å². The van der Waals surface area contributed by atoms with Crippen molar-refractivity contribution < 1.29 is 169 Å². The number of rotatable bonds is 6. The number of methoxy groups -OCH3 is 2. The first-order valence-electron chi connectivity index (χ1n) is 45.4. The lowest BCUT2D eigenvalue weighted by atomic mass is 9.82. The van der Waals surface area contributed by atoms with E-state index in [1.54, 1.807) is 151 Å². The number of carbonyl (C=O) groups excluding carboxylic acids is 4. The van der Waals surface area contributed by atoms with E-state index in [0.717, 1.165) is 14.2 Å². The molecule has 6 rings (SSSR count). The Kier molecular flexibility index (Phi) is 51.4. The molecule has 0 aromatic rings. The average molecular weight is 1880 g/mol. The molecule has 132 heavy (non-hydrogen) atoms. The molecule has 36 heteroatoms. The molecule has 0 spiro atoms. The number of ether oxygens (including phenoxy) is 10. The van der Waals surface area contributed by atoms with Crippen molar-refractivity contribution in [3.8, 4) is 0 Å². The van der Waals surface area contributed by atoms with Gasteiger partial charge in [-0.25, -0.2) is 0 Å². The highest BCUT2D eigenvalue weighted by Crippen LogP contribution is 2.41. The molecule has 0 radical (unpaired) electrons. The first-order chi connectivity index (χ1) is 62.3. The second kappa shape index (κ2) is 58.6. The number of esters is 4. The number of aliphatic hydroxyl groups excluding tert-OH is 18. The molecule has 0 aromatic carbocycles. The van der Waals surface area contributed by atoms with Crippen molar-refractivity contribution in [2.24, 2.45) is 47.0 Å². The number of fused-ring (bicyclic) bond motifs is 4. The van der Waals surface area contributed by atoms with Gasteiger partial charge in [0.2, 0.25) is 0 Å². The maximum absolute atomic E-state index is 13.1. The van der Waals surface area contributed by atoms with E-state index in [1.807, 2.05) is 74.6 Å². The molecule has 6 heterocycles. The molecule has 0 saturated carbocycles. The van der Waals surface area contributed by atoms with E-state index in [9.17, 15) is 121 Å². The Morgan fingerprint density at radius 1 is 0.333 bits per heavy atom. The van der Waals surface area contributed by atoms with Crippen molar-refractivity contribution in [3.05, 3.63) is 170 Å². The predicted octanol–water partition coefficient (Wildman–Crippen LogP) is 1.60. The molecule has 36 nitrogen and oxygen atoms in total. The van der Waals surface area contributed by atoms with Gasteiger partial charge in [-0.3, -0.25) is 19.2 Å². The van der Waals surface area contributed by atoms with Crippen LogP contribution in [0.1, 0.15) is 158 Å². The second-order valence-electron chi connectivity index (χ2n) is 35.5. The van der Waals surface area contributed by atoms with E-state index in [1.165, 1.54) is 0 Å². The molecule has 38 atom stereocenters. The van der Waals surface area contributed by atoms with Gasteiger partial charge in [0.25, 0.3) is 0 Å². The van der Waals surface area contributed by atoms with Crippen LogP contribution < -0.4 is 11.5 Å². The van der Waals surface area contributed by atoms with Gasteiger partial charge < -0.3 is 161 Å². The molecule has 0 aromatic heterocycles. The third-order valence-corrected chi connectivity index (χ3v) is 24.4. The maximum Gasteiger partial charge on any atom is 0.313 e. The molecule has 24 N–H and O–H groups in total. The van der Waals surface area contributed by atoms with E-state index in [0.29, 0.717) is 0 Å². The number of aliphatic hydroxyl groups is 20. The zero-order valence-corrected chi connectivity index (χ0v) is 77.1. The highest BCUT2D eigenvalue weighted by molar-refractivity contribution is 5.74. The van der Waals surface area contributed by atoms with E-state index in [-0.39, 0.29) is 63.2 Å². The second-order valence-corrected chi connectivity index (χ2v) is 35.5. The van der Waals surface area contributed by atoms with Gasteiger partial charge in [-0.15, -0.1) is 0 Å². The summed E-state index contributed by atoms with van der Waals surface area (Å²) in [5, 5.41) is 217. The molecule has 0 aliphatic carbocycles. The van der Waals surface area contributed by atoms with Gasteiger partial charge in [0.1, 0.15) is 36.3 Å². The van der Waals surface area contributed by atoms with E-state index < -0.39 is 294 Å². The van der Waals surface area contributed by atoms with Gasteiger partial charge in [0, 0.05) is 75.0 Å². The van der Waals surface area contributed by atoms with Crippen LogP contribution in [0, 0.1) is 35.5 Å². The zero-order chi connectivity index (χ0) is 98.3. The van der Waals surface area contributed by atoms with Crippen molar-refractivity contribution in [2.75, 3.05) is 14.2 Å². The summed E-state index contributed by atoms with van der Waals surface area (Å²) in [6, 6.07) is -2.26. The topological polar surface area (TPSA) is 617 Å². The Bertz CT molecular complexity index is 3610. The summed E-state index contributed by atoms with van der Waals surface area (Å²) >= 11 is 0. The largest absolute Gasteiger partial charge is 0.469 e. The number of nitrogens with two attached hydrogens (primary N) is 2. The normalized spacial score (nSPS) is 44.9. The fraction of sp³-hybridized carbons (Fsp3) is 0.667. The van der Waals surface area contributed by atoms with Crippen LogP contribution in [0.25, 0.3) is 0 Å². The van der Waals surface area contributed by atoms with Gasteiger partial charge in [-0.1, -0.05) is 198 Å². The lowest BCUT2D eigenvalue weighted by molar-refractivity contribution is -0.309. The lowest BCUT2D eigenvalue weighted by Crippen LogP contribution is -2.61. The molecule has 748 valence electrons. The van der Waals surface area contributed by atoms with Crippen LogP contribution in [0.5, 0.6) is 0 Å². The van der Waals surface area contributed by atoms with Crippen LogP contribution in [-0.2, 0) is 66.5 Å². The van der Waals surface area contributed by atoms with Crippen molar-refractivity contribution in [3.63, 3.8) is 0 Å². The molecule has 0 amide bonds. The summed E-state index contributed by atoms with van der Waals surface area (Å²) in [5.74, 6) is -11.9. The minimum absolute atomic E-state index is 0.0949. The summed E-state index contributed by atoms with van der Waals surface area (Å²) < 4.78 is 56.8. The minimum Gasteiger partial charge on any atom is -0.469 e. The standard InChI is InChI=1S/2C48H75NO17/c2*1-28-18-16-14-12-10-8-6-7-9-11-13-15-17-19-35(65-47-45(59)42(49)44(58)31(4)64-47)25-39-41(46(60)62-5)38(55)27-48(61,66-39)26-34(52)23-37(54)36(53)21-20-32(50)22-33(51)24-40(56)63-30(3)29(2)43(28)57/h2*6-19,28-39,41-45,47,50-55,57-59,61H,20-27,49H2,1-5H3/b2*7-6+,10-8+,11-9+,14-12+,15-13+,18-16+,19-17+/t28?,29-,30-,31?,32+,33+,34-,35-,36+,37+,38-,39-,41+,42?,43+,44?,45?,47?,48+;/m0./s1. The fourth-order valence-electron chi connectivity index (χ4n) is 16.2. The first-order valence-corrected chi connectivity index (χ1v) is 45.4. The molecule has 25 unspecified atom stereocenters. The highest BCUT2D eigenvalue weighted by Gasteiger charge is 2.54. The number of allylic oxidation sites excluding steroid dienone is 24. The summed E-state index contributed by atoms with van der Waals surface area (Å²) in [4.78, 5) is 51.4. The van der Waals surface area contributed by atoms with Gasteiger partial charge in [0.05, 0.1) is 173 Å². The number of hydrogen-bond acceptors (Lipinski definition) is 36. The Morgan fingerprint density at radius 3 is 0.917 bits per heavy atom. The predicted molar refractivity (Wildman–Crippen MR) is 483 cm³/mol. The summed E-state index contributed by atoms with van der Waals surface area (Å²) in [7, 11) is 2.23. The molecule has 6 aliphatic heterocycles. The minimum atomic E-state index is -2.27. The Morgan fingerprint density at radius 2 is 0.621 bits per heavy atom. The smallest absolute Gasteiger partial charge is 0.313 e. The van der Waals surface area contributed by atoms with E-state index >= 15 is 0 Å². The maximum atomic E-state index is 13.1. The lowest BCUT2D eigenvalue weighted by Gasteiger charge is -2.45. The third-order valence-electron chi connectivity index (χ3n) is 24.4. The van der Waals surface area contributed by atoms with Gasteiger partial charge in [-0.2, -0.15) is 0 Å². The van der Waals surface area contributed by atoms with Crippen molar-refractivity contribution >= 4 is 23.9 Å². The van der Waals surface area contributed by atoms with Crippen LogP contribution >= 0.6 is 0 Å².